The Morgan fingerprint density at radius 2 is 2.08 bits per heavy atom. The van der Waals surface area contributed by atoms with Gasteiger partial charge >= 0.3 is 6.61 Å². The van der Waals surface area contributed by atoms with E-state index < -0.39 is 6.61 Å². The molecule has 1 N–H and O–H groups in total. The van der Waals surface area contributed by atoms with Gasteiger partial charge in [-0.05, 0) is 24.3 Å². The Kier molecular flexibility index (Phi) is 5.89. The molecule has 0 aliphatic carbocycles. The molecule has 0 bridgehead atoms. The van der Waals surface area contributed by atoms with Gasteiger partial charge in [0.2, 0.25) is 5.91 Å². The molecule has 9 heteroatoms. The molecule has 136 valence electrons. The van der Waals surface area contributed by atoms with Gasteiger partial charge in [0.05, 0.1) is 23.1 Å². The minimum Gasteiger partial charge on any atom is -0.493 e. The summed E-state index contributed by atoms with van der Waals surface area (Å²) in [6, 6.07) is 12.0. The van der Waals surface area contributed by atoms with Crippen LogP contribution in [-0.2, 0) is 4.79 Å². The van der Waals surface area contributed by atoms with E-state index in [9.17, 15) is 13.6 Å². The summed E-state index contributed by atoms with van der Waals surface area (Å²) in [6.07, 6.45) is 0. The molecular formula is C17H14F2N2O3S2. The molecule has 3 aromatic rings. The second-order valence-electron chi connectivity index (χ2n) is 5.03. The van der Waals surface area contributed by atoms with Crippen molar-refractivity contribution >= 4 is 44.9 Å². The molecule has 0 atom stereocenters. The number of thiazole rings is 1. The number of amides is 1. The number of thioether (sulfide) groups is 1. The van der Waals surface area contributed by atoms with Crippen LogP contribution in [0.5, 0.6) is 11.5 Å². The summed E-state index contributed by atoms with van der Waals surface area (Å²) in [5, 5.41) is 2.65. The SMILES string of the molecule is COc1ccc(NC(=O)CSc2nc3ccccc3s2)cc1OC(F)F. The third kappa shape index (κ3) is 4.61. The van der Waals surface area contributed by atoms with E-state index in [1.807, 2.05) is 24.3 Å². The van der Waals surface area contributed by atoms with Crippen molar-refractivity contribution in [2.24, 2.45) is 0 Å². The number of anilines is 1. The molecule has 0 saturated carbocycles. The quantitative estimate of drug-likeness (QED) is 0.590. The molecule has 0 aliphatic rings. The predicted octanol–water partition coefficient (Wildman–Crippen LogP) is 4.64. The smallest absolute Gasteiger partial charge is 0.387 e. The van der Waals surface area contributed by atoms with E-state index in [1.165, 1.54) is 42.3 Å². The van der Waals surface area contributed by atoms with Crippen molar-refractivity contribution in [2.45, 2.75) is 11.0 Å². The maximum absolute atomic E-state index is 12.5. The van der Waals surface area contributed by atoms with Gasteiger partial charge in [-0.15, -0.1) is 11.3 Å². The molecule has 2 aromatic carbocycles. The summed E-state index contributed by atoms with van der Waals surface area (Å²) in [5.41, 5.74) is 1.24. The number of carbonyl (C=O) groups excluding carboxylic acids is 1. The summed E-state index contributed by atoms with van der Waals surface area (Å²) >= 11 is 2.83. The lowest BCUT2D eigenvalue weighted by molar-refractivity contribution is -0.113. The van der Waals surface area contributed by atoms with Crippen molar-refractivity contribution < 1.29 is 23.0 Å². The first kappa shape index (κ1) is 18.4. The van der Waals surface area contributed by atoms with Crippen LogP contribution in [0.4, 0.5) is 14.5 Å². The third-order valence-corrected chi connectivity index (χ3v) is 5.44. The van der Waals surface area contributed by atoms with Crippen molar-refractivity contribution in [3.05, 3.63) is 42.5 Å². The number of methoxy groups -OCH3 is 1. The second kappa shape index (κ2) is 8.33. The number of nitrogens with zero attached hydrogens (tertiary/aromatic N) is 1. The van der Waals surface area contributed by atoms with Crippen LogP contribution in [0.1, 0.15) is 0 Å². The van der Waals surface area contributed by atoms with Crippen molar-refractivity contribution in [3.8, 4) is 11.5 Å². The van der Waals surface area contributed by atoms with Crippen LogP contribution in [-0.4, -0.2) is 30.4 Å². The zero-order valence-corrected chi connectivity index (χ0v) is 15.2. The second-order valence-corrected chi connectivity index (χ2v) is 7.28. The highest BCUT2D eigenvalue weighted by molar-refractivity contribution is 8.01. The Hall–Kier alpha value is -2.39. The first-order chi connectivity index (χ1) is 12.5. The first-order valence-electron chi connectivity index (χ1n) is 7.46. The molecular weight excluding hydrogens is 382 g/mol. The van der Waals surface area contributed by atoms with Crippen LogP contribution in [0.25, 0.3) is 10.2 Å². The van der Waals surface area contributed by atoms with Crippen molar-refractivity contribution in [1.82, 2.24) is 4.98 Å². The van der Waals surface area contributed by atoms with Gasteiger partial charge in [-0.2, -0.15) is 8.78 Å². The van der Waals surface area contributed by atoms with Gasteiger partial charge in [-0.3, -0.25) is 4.79 Å². The van der Waals surface area contributed by atoms with Crippen molar-refractivity contribution in [1.29, 1.82) is 0 Å². The summed E-state index contributed by atoms with van der Waals surface area (Å²) in [7, 11) is 1.35. The Morgan fingerprint density at radius 1 is 1.27 bits per heavy atom. The summed E-state index contributed by atoms with van der Waals surface area (Å²) < 4.78 is 36.1. The molecule has 1 aromatic heterocycles. The highest BCUT2D eigenvalue weighted by atomic mass is 32.2. The molecule has 0 aliphatic heterocycles. The minimum atomic E-state index is -2.98. The normalized spacial score (nSPS) is 10.9. The predicted molar refractivity (Wildman–Crippen MR) is 98.6 cm³/mol. The number of benzene rings is 2. The molecule has 0 unspecified atom stereocenters. The lowest BCUT2D eigenvalue weighted by atomic mass is 10.2. The number of hydrogen-bond acceptors (Lipinski definition) is 6. The highest BCUT2D eigenvalue weighted by Crippen LogP contribution is 2.32. The van der Waals surface area contributed by atoms with Crippen LogP contribution in [0.15, 0.2) is 46.8 Å². The number of para-hydroxylation sites is 1. The molecule has 0 fully saturated rings. The fourth-order valence-corrected chi connectivity index (χ4v) is 4.05. The molecule has 0 radical (unpaired) electrons. The van der Waals surface area contributed by atoms with E-state index in [1.54, 1.807) is 6.07 Å². The Balaban J connectivity index is 1.62. The van der Waals surface area contributed by atoms with Gasteiger partial charge in [0.1, 0.15) is 0 Å². The van der Waals surface area contributed by atoms with Crippen LogP contribution >= 0.6 is 23.1 Å². The highest BCUT2D eigenvalue weighted by Gasteiger charge is 2.13. The Bertz CT molecular complexity index is 885. The first-order valence-corrected chi connectivity index (χ1v) is 9.26. The largest absolute Gasteiger partial charge is 0.493 e. The van der Waals surface area contributed by atoms with Gasteiger partial charge in [0, 0.05) is 11.8 Å². The van der Waals surface area contributed by atoms with E-state index in [0.717, 1.165) is 14.6 Å². The monoisotopic (exact) mass is 396 g/mol. The Morgan fingerprint density at radius 3 is 2.81 bits per heavy atom. The Labute approximate surface area is 156 Å². The number of rotatable bonds is 7. The number of hydrogen-bond donors (Lipinski definition) is 1. The zero-order chi connectivity index (χ0) is 18.5. The zero-order valence-electron chi connectivity index (χ0n) is 13.6. The molecule has 5 nitrogen and oxygen atoms in total. The van der Waals surface area contributed by atoms with E-state index in [-0.39, 0.29) is 23.2 Å². The van der Waals surface area contributed by atoms with Crippen LogP contribution in [0, 0.1) is 0 Å². The summed E-state index contributed by atoms with van der Waals surface area (Å²) in [5.74, 6) is -0.106. The third-order valence-electron chi connectivity index (χ3n) is 3.26. The van der Waals surface area contributed by atoms with Crippen LogP contribution in [0.3, 0.4) is 0 Å². The number of ether oxygens (including phenoxy) is 2. The fraction of sp³-hybridized carbons (Fsp3) is 0.176. The van der Waals surface area contributed by atoms with Gasteiger partial charge in [0.15, 0.2) is 15.8 Å². The van der Waals surface area contributed by atoms with E-state index in [0.29, 0.717) is 5.69 Å². The van der Waals surface area contributed by atoms with Gasteiger partial charge in [0.25, 0.3) is 0 Å². The van der Waals surface area contributed by atoms with Crippen molar-refractivity contribution in [2.75, 3.05) is 18.2 Å². The average Bonchev–Trinajstić information content (AvgIpc) is 3.03. The average molecular weight is 396 g/mol. The maximum atomic E-state index is 12.5. The van der Waals surface area contributed by atoms with E-state index in [4.69, 9.17) is 4.74 Å². The summed E-state index contributed by atoms with van der Waals surface area (Å²) in [6.45, 7) is -2.98. The van der Waals surface area contributed by atoms with Crippen molar-refractivity contribution in [3.63, 3.8) is 0 Å². The van der Waals surface area contributed by atoms with Crippen LogP contribution < -0.4 is 14.8 Å². The maximum Gasteiger partial charge on any atom is 0.387 e. The molecule has 26 heavy (non-hydrogen) atoms. The molecule has 3 rings (SSSR count). The van der Waals surface area contributed by atoms with Gasteiger partial charge < -0.3 is 14.8 Å². The fourth-order valence-electron chi connectivity index (χ4n) is 2.18. The number of aromatic nitrogens is 1. The number of halogens is 2. The standard InChI is InChI=1S/C17H14F2N2O3S2/c1-23-12-7-6-10(8-13(12)24-16(18)19)20-15(22)9-25-17-21-11-4-2-3-5-14(11)26-17/h2-8,16H,9H2,1H3,(H,20,22). The summed E-state index contributed by atoms with van der Waals surface area (Å²) in [4.78, 5) is 16.6. The molecule has 1 heterocycles. The number of fused-ring (bicyclic) bond motifs is 1. The lowest BCUT2D eigenvalue weighted by Crippen LogP contribution is -2.14. The number of alkyl halides is 2. The van der Waals surface area contributed by atoms with Gasteiger partial charge in [-0.25, -0.2) is 4.98 Å². The number of nitrogens with one attached hydrogen (secondary N) is 1. The minimum absolute atomic E-state index is 0.140. The lowest BCUT2D eigenvalue weighted by Gasteiger charge is -2.12. The van der Waals surface area contributed by atoms with E-state index >= 15 is 0 Å². The van der Waals surface area contributed by atoms with E-state index in [2.05, 4.69) is 15.0 Å². The molecule has 0 saturated heterocycles. The molecule has 1 amide bonds. The van der Waals surface area contributed by atoms with Crippen LogP contribution in [0.2, 0.25) is 0 Å². The molecule has 0 spiro atoms. The van der Waals surface area contributed by atoms with Gasteiger partial charge in [-0.1, -0.05) is 23.9 Å². The topological polar surface area (TPSA) is 60.5 Å². The number of carbonyl (C=O) groups is 1.